The number of nitrogens with zero attached hydrogens (tertiary/aromatic N) is 2. The van der Waals surface area contributed by atoms with Gasteiger partial charge in [-0.05, 0) is 30.9 Å². The van der Waals surface area contributed by atoms with E-state index < -0.39 is 0 Å². The number of anilines is 1. The van der Waals surface area contributed by atoms with Crippen LogP contribution in [0.2, 0.25) is 0 Å². The van der Waals surface area contributed by atoms with Gasteiger partial charge in [0.1, 0.15) is 0 Å². The number of non-ortho nitro benzene ring substituents is 1. The van der Waals surface area contributed by atoms with Gasteiger partial charge in [-0.3, -0.25) is 10.1 Å². The number of nitro groups is 1. The van der Waals surface area contributed by atoms with Crippen LogP contribution in [-0.2, 0) is 4.74 Å². The standard InChI is InChI=1S/C14H18N2O3/c17-16(18)14-3-1-13(2-4-14)15-7-5-11(6-8-15)12-9-19-10-12/h1-4,11-12H,5-10H2. The fourth-order valence-electron chi connectivity index (χ4n) is 2.94. The second-order valence-electron chi connectivity index (χ2n) is 5.40. The lowest BCUT2D eigenvalue weighted by atomic mass is 9.83. The van der Waals surface area contributed by atoms with Crippen LogP contribution in [0.3, 0.4) is 0 Å². The average Bonchev–Trinajstić information content (AvgIpc) is 2.38. The van der Waals surface area contributed by atoms with Gasteiger partial charge in [0.25, 0.3) is 5.69 Å². The van der Waals surface area contributed by atoms with Gasteiger partial charge in [0.2, 0.25) is 0 Å². The normalized spacial score (nSPS) is 21.2. The number of hydrogen-bond donors (Lipinski definition) is 0. The fourth-order valence-corrected chi connectivity index (χ4v) is 2.94. The van der Waals surface area contributed by atoms with E-state index in [0.717, 1.165) is 43.8 Å². The molecule has 0 N–H and O–H groups in total. The van der Waals surface area contributed by atoms with E-state index in [1.165, 1.54) is 12.8 Å². The fraction of sp³-hybridized carbons (Fsp3) is 0.571. The van der Waals surface area contributed by atoms with Crippen molar-refractivity contribution in [1.29, 1.82) is 0 Å². The molecule has 0 amide bonds. The third-order valence-electron chi connectivity index (χ3n) is 4.30. The molecule has 0 spiro atoms. The Labute approximate surface area is 112 Å². The summed E-state index contributed by atoms with van der Waals surface area (Å²) in [4.78, 5) is 12.6. The molecule has 2 aliphatic rings. The molecule has 5 heteroatoms. The minimum atomic E-state index is -0.355. The zero-order valence-electron chi connectivity index (χ0n) is 10.8. The third-order valence-corrected chi connectivity index (χ3v) is 4.30. The summed E-state index contributed by atoms with van der Waals surface area (Å²) >= 11 is 0. The molecular weight excluding hydrogens is 244 g/mol. The van der Waals surface area contributed by atoms with Gasteiger partial charge in [0.05, 0.1) is 18.1 Å². The first-order valence-corrected chi connectivity index (χ1v) is 6.81. The van der Waals surface area contributed by atoms with Crippen molar-refractivity contribution < 1.29 is 9.66 Å². The Morgan fingerprint density at radius 1 is 1.11 bits per heavy atom. The summed E-state index contributed by atoms with van der Waals surface area (Å²) in [5, 5.41) is 10.6. The van der Waals surface area contributed by atoms with Crippen molar-refractivity contribution in [3.8, 4) is 0 Å². The zero-order chi connectivity index (χ0) is 13.2. The summed E-state index contributed by atoms with van der Waals surface area (Å²) in [6.45, 7) is 3.95. The molecule has 0 bridgehead atoms. The number of ether oxygens (including phenoxy) is 1. The molecule has 0 unspecified atom stereocenters. The first-order chi connectivity index (χ1) is 9.24. The largest absolute Gasteiger partial charge is 0.381 e. The van der Waals surface area contributed by atoms with Crippen molar-refractivity contribution in [1.82, 2.24) is 0 Å². The molecule has 0 atom stereocenters. The molecular formula is C14H18N2O3. The molecule has 2 fully saturated rings. The Morgan fingerprint density at radius 2 is 1.74 bits per heavy atom. The smallest absolute Gasteiger partial charge is 0.269 e. The molecule has 19 heavy (non-hydrogen) atoms. The van der Waals surface area contributed by atoms with Crippen LogP contribution in [0.1, 0.15) is 12.8 Å². The predicted octanol–water partition coefficient (Wildman–Crippen LogP) is 2.46. The molecule has 1 aromatic rings. The van der Waals surface area contributed by atoms with Crippen LogP contribution in [0.15, 0.2) is 24.3 Å². The molecule has 0 radical (unpaired) electrons. The molecule has 2 aliphatic heterocycles. The Bertz CT molecular complexity index is 448. The first-order valence-electron chi connectivity index (χ1n) is 6.81. The van der Waals surface area contributed by atoms with E-state index in [4.69, 9.17) is 4.74 Å². The molecule has 102 valence electrons. The quantitative estimate of drug-likeness (QED) is 0.620. The van der Waals surface area contributed by atoms with Crippen LogP contribution in [0, 0.1) is 22.0 Å². The van der Waals surface area contributed by atoms with E-state index >= 15 is 0 Å². The zero-order valence-corrected chi connectivity index (χ0v) is 10.8. The second-order valence-corrected chi connectivity index (χ2v) is 5.40. The first kappa shape index (κ1) is 12.4. The number of piperidine rings is 1. The molecule has 0 saturated carbocycles. The van der Waals surface area contributed by atoms with Gasteiger partial charge >= 0.3 is 0 Å². The maximum absolute atomic E-state index is 10.6. The second kappa shape index (κ2) is 5.17. The summed E-state index contributed by atoms with van der Waals surface area (Å²) in [5.74, 6) is 1.56. The van der Waals surface area contributed by atoms with Crippen molar-refractivity contribution in [2.24, 2.45) is 11.8 Å². The van der Waals surface area contributed by atoms with Crippen LogP contribution < -0.4 is 4.90 Å². The van der Waals surface area contributed by atoms with Crippen molar-refractivity contribution >= 4 is 11.4 Å². The summed E-state index contributed by atoms with van der Waals surface area (Å²) in [6.07, 6.45) is 2.40. The Kier molecular flexibility index (Phi) is 3.38. The summed E-state index contributed by atoms with van der Waals surface area (Å²) < 4.78 is 5.26. The van der Waals surface area contributed by atoms with Crippen molar-refractivity contribution in [2.45, 2.75) is 12.8 Å². The highest BCUT2D eigenvalue weighted by Gasteiger charge is 2.31. The van der Waals surface area contributed by atoms with E-state index in [9.17, 15) is 10.1 Å². The van der Waals surface area contributed by atoms with E-state index in [-0.39, 0.29) is 10.6 Å². The lowest BCUT2D eigenvalue weighted by Gasteiger charge is -2.40. The Balaban J connectivity index is 1.59. The molecule has 5 nitrogen and oxygen atoms in total. The maximum atomic E-state index is 10.6. The Morgan fingerprint density at radius 3 is 2.21 bits per heavy atom. The SMILES string of the molecule is O=[N+]([O-])c1ccc(N2CCC(C3COC3)CC2)cc1. The van der Waals surface area contributed by atoms with Crippen LogP contribution in [0.25, 0.3) is 0 Å². The number of nitro benzene ring substituents is 1. The van der Waals surface area contributed by atoms with Crippen molar-refractivity contribution in [2.75, 3.05) is 31.2 Å². The summed E-state index contributed by atoms with van der Waals surface area (Å²) in [6, 6.07) is 6.87. The lowest BCUT2D eigenvalue weighted by Crippen LogP contribution is -2.42. The molecule has 0 aliphatic carbocycles. The van der Waals surface area contributed by atoms with Gasteiger partial charge in [0, 0.05) is 36.8 Å². The van der Waals surface area contributed by atoms with Crippen molar-refractivity contribution in [3.63, 3.8) is 0 Å². The third kappa shape index (κ3) is 2.56. The topological polar surface area (TPSA) is 55.6 Å². The summed E-state index contributed by atoms with van der Waals surface area (Å²) in [7, 11) is 0. The maximum Gasteiger partial charge on any atom is 0.269 e. The van der Waals surface area contributed by atoms with Gasteiger partial charge in [-0.15, -0.1) is 0 Å². The van der Waals surface area contributed by atoms with Crippen LogP contribution in [0.4, 0.5) is 11.4 Å². The average molecular weight is 262 g/mol. The van der Waals surface area contributed by atoms with Crippen molar-refractivity contribution in [3.05, 3.63) is 34.4 Å². The van der Waals surface area contributed by atoms with Crippen LogP contribution in [0.5, 0.6) is 0 Å². The minimum Gasteiger partial charge on any atom is -0.381 e. The highest BCUT2D eigenvalue weighted by molar-refractivity contribution is 5.51. The van der Waals surface area contributed by atoms with Gasteiger partial charge in [-0.1, -0.05) is 0 Å². The predicted molar refractivity (Wildman–Crippen MR) is 72.3 cm³/mol. The molecule has 2 heterocycles. The summed E-state index contributed by atoms with van der Waals surface area (Å²) in [5.41, 5.74) is 1.25. The highest BCUT2D eigenvalue weighted by Crippen LogP contribution is 2.32. The molecule has 1 aromatic carbocycles. The van der Waals surface area contributed by atoms with E-state index in [1.54, 1.807) is 12.1 Å². The Hall–Kier alpha value is -1.62. The van der Waals surface area contributed by atoms with E-state index in [1.807, 2.05) is 12.1 Å². The van der Waals surface area contributed by atoms with Gasteiger partial charge in [-0.2, -0.15) is 0 Å². The lowest BCUT2D eigenvalue weighted by molar-refractivity contribution is -0.384. The molecule has 2 saturated heterocycles. The highest BCUT2D eigenvalue weighted by atomic mass is 16.6. The van der Waals surface area contributed by atoms with Gasteiger partial charge < -0.3 is 9.64 Å². The van der Waals surface area contributed by atoms with E-state index in [0.29, 0.717) is 0 Å². The van der Waals surface area contributed by atoms with E-state index in [2.05, 4.69) is 4.90 Å². The minimum absolute atomic E-state index is 0.158. The van der Waals surface area contributed by atoms with Crippen LogP contribution in [-0.4, -0.2) is 31.2 Å². The number of benzene rings is 1. The number of hydrogen-bond acceptors (Lipinski definition) is 4. The molecule has 0 aromatic heterocycles. The number of rotatable bonds is 3. The van der Waals surface area contributed by atoms with Gasteiger partial charge in [0.15, 0.2) is 0 Å². The van der Waals surface area contributed by atoms with Gasteiger partial charge in [-0.25, -0.2) is 0 Å². The van der Waals surface area contributed by atoms with Crippen LogP contribution >= 0.6 is 0 Å². The monoisotopic (exact) mass is 262 g/mol. The molecule has 3 rings (SSSR count).